The molecule has 2 aliphatic heterocycles. The van der Waals surface area contributed by atoms with E-state index in [9.17, 15) is 4.79 Å². The molecule has 1 N–H and O–H groups in total. The van der Waals surface area contributed by atoms with Crippen LogP contribution < -0.4 is 10.5 Å². The van der Waals surface area contributed by atoms with Crippen molar-refractivity contribution >= 4 is 5.95 Å². The van der Waals surface area contributed by atoms with Crippen LogP contribution in [0, 0.1) is 6.92 Å². The molecule has 6 heteroatoms. The maximum atomic E-state index is 12.6. The van der Waals surface area contributed by atoms with Crippen LogP contribution in [0.4, 0.5) is 5.95 Å². The molecular weight excluding hydrogens is 340 g/mol. The lowest BCUT2D eigenvalue weighted by molar-refractivity contribution is -0.00576. The molecule has 2 atom stereocenters. The first-order valence-corrected chi connectivity index (χ1v) is 9.78. The predicted octanol–water partition coefficient (Wildman–Crippen LogP) is 2.25. The summed E-state index contributed by atoms with van der Waals surface area (Å²) in [6.07, 6.45) is 1.01. The SMILES string of the molecule is Cc1ccc(CN2CCc3c(nc(N4C[C@@H](C)O[C@@H](C)C4)[nH]c3=O)C2)cc1. The van der Waals surface area contributed by atoms with E-state index in [1.807, 2.05) is 0 Å². The van der Waals surface area contributed by atoms with Gasteiger partial charge in [-0.1, -0.05) is 29.8 Å². The van der Waals surface area contributed by atoms with Gasteiger partial charge in [-0.15, -0.1) is 0 Å². The highest BCUT2D eigenvalue weighted by molar-refractivity contribution is 5.35. The number of morpholine rings is 1. The van der Waals surface area contributed by atoms with Crippen molar-refractivity contribution in [3.63, 3.8) is 0 Å². The second-order valence-electron chi connectivity index (χ2n) is 7.92. The van der Waals surface area contributed by atoms with Gasteiger partial charge in [-0.2, -0.15) is 0 Å². The molecule has 2 aliphatic rings. The number of aryl methyl sites for hydroxylation is 1. The number of rotatable bonds is 3. The van der Waals surface area contributed by atoms with Crippen LogP contribution in [0.5, 0.6) is 0 Å². The van der Waals surface area contributed by atoms with E-state index in [0.29, 0.717) is 5.95 Å². The average molecular weight is 368 g/mol. The lowest BCUT2D eigenvalue weighted by Gasteiger charge is -2.36. The molecule has 0 aliphatic carbocycles. The Bertz CT molecular complexity index is 851. The van der Waals surface area contributed by atoms with Crippen LogP contribution >= 0.6 is 0 Å². The standard InChI is InChI=1S/C21H28N4O2/c1-14-4-6-17(7-5-14)12-24-9-8-18-19(13-24)22-21(23-20(18)26)25-10-15(2)27-16(3)11-25/h4-7,15-16H,8-13H2,1-3H3,(H,22,23,26)/t15-,16+. The molecule has 144 valence electrons. The third-order valence-electron chi connectivity index (χ3n) is 5.39. The van der Waals surface area contributed by atoms with Gasteiger partial charge in [0.25, 0.3) is 5.56 Å². The molecule has 0 radical (unpaired) electrons. The van der Waals surface area contributed by atoms with Gasteiger partial charge >= 0.3 is 0 Å². The summed E-state index contributed by atoms with van der Waals surface area (Å²) in [5, 5.41) is 0. The highest BCUT2D eigenvalue weighted by Gasteiger charge is 2.26. The van der Waals surface area contributed by atoms with Gasteiger partial charge in [-0.05, 0) is 32.8 Å². The molecule has 0 amide bonds. The van der Waals surface area contributed by atoms with Crippen molar-refractivity contribution in [3.8, 4) is 0 Å². The summed E-state index contributed by atoms with van der Waals surface area (Å²) in [6.45, 7) is 10.2. The minimum atomic E-state index is 0.0109. The summed E-state index contributed by atoms with van der Waals surface area (Å²) in [5.41, 5.74) is 4.34. The highest BCUT2D eigenvalue weighted by Crippen LogP contribution is 2.21. The normalized spacial score (nSPS) is 23.3. The highest BCUT2D eigenvalue weighted by atomic mass is 16.5. The molecule has 1 fully saturated rings. The number of aromatic amines is 1. The largest absolute Gasteiger partial charge is 0.372 e. The maximum absolute atomic E-state index is 12.6. The van der Waals surface area contributed by atoms with Crippen LogP contribution in [-0.2, 0) is 24.2 Å². The van der Waals surface area contributed by atoms with E-state index in [0.717, 1.165) is 50.4 Å². The van der Waals surface area contributed by atoms with Gasteiger partial charge in [-0.3, -0.25) is 14.7 Å². The Morgan fingerprint density at radius 1 is 1.19 bits per heavy atom. The number of H-pyrrole nitrogens is 1. The molecule has 3 heterocycles. The van der Waals surface area contributed by atoms with Crippen LogP contribution in [0.3, 0.4) is 0 Å². The first-order valence-electron chi connectivity index (χ1n) is 9.78. The van der Waals surface area contributed by atoms with Crippen LogP contribution in [-0.4, -0.2) is 46.7 Å². The van der Waals surface area contributed by atoms with Gasteiger partial charge in [0, 0.05) is 38.3 Å². The van der Waals surface area contributed by atoms with Crippen LogP contribution in [0.1, 0.15) is 36.2 Å². The number of benzene rings is 1. The number of nitrogens with zero attached hydrogens (tertiary/aromatic N) is 3. The van der Waals surface area contributed by atoms with Gasteiger partial charge in [-0.25, -0.2) is 4.98 Å². The molecule has 27 heavy (non-hydrogen) atoms. The van der Waals surface area contributed by atoms with Crippen molar-refractivity contribution < 1.29 is 4.74 Å². The number of hydrogen-bond donors (Lipinski definition) is 1. The van der Waals surface area contributed by atoms with E-state index in [4.69, 9.17) is 9.72 Å². The van der Waals surface area contributed by atoms with E-state index in [-0.39, 0.29) is 17.8 Å². The molecule has 1 saturated heterocycles. The van der Waals surface area contributed by atoms with Crippen LogP contribution in [0.2, 0.25) is 0 Å². The van der Waals surface area contributed by atoms with Gasteiger partial charge in [0.2, 0.25) is 5.95 Å². The molecular formula is C21H28N4O2. The molecule has 0 bridgehead atoms. The summed E-state index contributed by atoms with van der Waals surface area (Å²) in [4.78, 5) is 25.0. The Morgan fingerprint density at radius 2 is 1.89 bits per heavy atom. The summed E-state index contributed by atoms with van der Waals surface area (Å²) < 4.78 is 5.80. The number of hydrogen-bond acceptors (Lipinski definition) is 5. The first kappa shape index (κ1) is 18.2. The Labute approximate surface area is 160 Å². The summed E-state index contributed by atoms with van der Waals surface area (Å²) in [6, 6.07) is 8.65. The van der Waals surface area contributed by atoms with Crippen molar-refractivity contribution in [2.24, 2.45) is 0 Å². The van der Waals surface area contributed by atoms with Crippen LogP contribution in [0.25, 0.3) is 0 Å². The molecule has 1 aromatic carbocycles. The maximum Gasteiger partial charge on any atom is 0.255 e. The Balaban J connectivity index is 1.54. The number of anilines is 1. The fraction of sp³-hybridized carbons (Fsp3) is 0.524. The summed E-state index contributed by atoms with van der Waals surface area (Å²) in [5.74, 6) is 0.679. The zero-order valence-electron chi connectivity index (χ0n) is 16.4. The van der Waals surface area contributed by atoms with Gasteiger partial charge in [0.1, 0.15) is 0 Å². The number of nitrogens with one attached hydrogen (secondary N) is 1. The van der Waals surface area contributed by atoms with Gasteiger partial charge in [0.15, 0.2) is 0 Å². The Hall–Kier alpha value is -2.18. The van der Waals surface area contributed by atoms with Gasteiger partial charge in [0.05, 0.1) is 17.9 Å². The predicted molar refractivity (Wildman–Crippen MR) is 106 cm³/mol. The fourth-order valence-corrected chi connectivity index (χ4v) is 4.07. The van der Waals surface area contributed by atoms with Crippen molar-refractivity contribution in [2.75, 3.05) is 24.5 Å². The molecule has 1 aromatic heterocycles. The third kappa shape index (κ3) is 4.06. The van der Waals surface area contributed by atoms with Crippen molar-refractivity contribution in [2.45, 2.75) is 52.5 Å². The number of aromatic nitrogens is 2. The second kappa shape index (κ2) is 7.44. The number of fused-ring (bicyclic) bond motifs is 1. The van der Waals surface area contributed by atoms with E-state index < -0.39 is 0 Å². The lowest BCUT2D eigenvalue weighted by Crippen LogP contribution is -2.47. The molecule has 0 saturated carbocycles. The summed E-state index contributed by atoms with van der Waals surface area (Å²) >= 11 is 0. The van der Waals surface area contributed by atoms with Crippen molar-refractivity contribution in [1.82, 2.24) is 14.9 Å². The zero-order valence-corrected chi connectivity index (χ0v) is 16.4. The second-order valence-corrected chi connectivity index (χ2v) is 7.92. The fourth-order valence-electron chi connectivity index (χ4n) is 4.07. The first-order chi connectivity index (χ1) is 13.0. The minimum Gasteiger partial charge on any atom is -0.372 e. The lowest BCUT2D eigenvalue weighted by atomic mass is 10.1. The van der Waals surface area contributed by atoms with Crippen molar-refractivity contribution in [1.29, 1.82) is 0 Å². The van der Waals surface area contributed by atoms with Crippen molar-refractivity contribution in [3.05, 3.63) is 57.0 Å². The molecule has 2 aromatic rings. The average Bonchev–Trinajstić information content (AvgIpc) is 2.62. The Morgan fingerprint density at radius 3 is 2.59 bits per heavy atom. The summed E-state index contributed by atoms with van der Waals surface area (Å²) in [7, 11) is 0. The van der Waals surface area contributed by atoms with Crippen LogP contribution in [0.15, 0.2) is 29.1 Å². The Kier molecular flexibility index (Phi) is 5.02. The quantitative estimate of drug-likeness (QED) is 0.900. The van der Waals surface area contributed by atoms with E-state index >= 15 is 0 Å². The topological polar surface area (TPSA) is 61.5 Å². The monoisotopic (exact) mass is 368 g/mol. The third-order valence-corrected chi connectivity index (χ3v) is 5.39. The zero-order chi connectivity index (χ0) is 19.0. The number of ether oxygens (including phenoxy) is 1. The van der Waals surface area contributed by atoms with E-state index in [2.05, 4.69) is 59.8 Å². The van der Waals surface area contributed by atoms with E-state index in [1.54, 1.807) is 0 Å². The smallest absolute Gasteiger partial charge is 0.255 e. The van der Waals surface area contributed by atoms with E-state index in [1.165, 1.54) is 11.1 Å². The molecule has 0 spiro atoms. The minimum absolute atomic E-state index is 0.0109. The molecule has 0 unspecified atom stereocenters. The van der Waals surface area contributed by atoms with Gasteiger partial charge < -0.3 is 9.64 Å². The molecule has 4 rings (SSSR count). The molecule has 6 nitrogen and oxygen atoms in total.